The number of aromatic nitrogens is 2. The van der Waals surface area contributed by atoms with Crippen LogP contribution in [0.25, 0.3) is 0 Å². The highest BCUT2D eigenvalue weighted by Crippen LogP contribution is 2.37. The van der Waals surface area contributed by atoms with E-state index >= 15 is 0 Å². The average molecular weight is 307 g/mol. The topological polar surface area (TPSA) is 39.1 Å². The zero-order valence-corrected chi connectivity index (χ0v) is 12.6. The zero-order chi connectivity index (χ0) is 15.7. The van der Waals surface area contributed by atoms with Gasteiger partial charge in [0, 0.05) is 24.7 Å². The number of rotatable bonds is 5. The molecule has 0 aliphatic carbocycles. The molecule has 118 valence electrons. The van der Waals surface area contributed by atoms with Crippen molar-refractivity contribution in [2.75, 3.05) is 5.32 Å². The molecule has 2 aromatic rings. The molecular weight excluding hydrogens is 288 g/mol. The molecule has 0 spiro atoms. The highest BCUT2D eigenvalue weighted by Gasteiger charge is 2.31. The van der Waals surface area contributed by atoms with Crippen molar-refractivity contribution >= 4 is 5.69 Å². The number of nitrogens with zero attached hydrogens (tertiary/aromatic N) is 2. The minimum Gasteiger partial charge on any atom is -0.487 e. The first-order valence-corrected chi connectivity index (χ1v) is 7.27. The Bertz CT molecular complexity index is 667. The van der Waals surface area contributed by atoms with Crippen LogP contribution in [0.2, 0.25) is 0 Å². The van der Waals surface area contributed by atoms with Crippen LogP contribution in [-0.2, 0) is 19.5 Å². The van der Waals surface area contributed by atoms with Gasteiger partial charge in [0.15, 0.2) is 0 Å². The van der Waals surface area contributed by atoms with Crippen molar-refractivity contribution in [3.8, 4) is 5.75 Å². The fourth-order valence-electron chi connectivity index (χ4n) is 2.71. The van der Waals surface area contributed by atoms with Gasteiger partial charge >= 0.3 is 0 Å². The molecule has 0 radical (unpaired) electrons. The Balaban J connectivity index is 1.68. The molecule has 0 saturated carbocycles. The van der Waals surface area contributed by atoms with Crippen molar-refractivity contribution in [3.05, 3.63) is 41.7 Å². The van der Waals surface area contributed by atoms with Crippen LogP contribution < -0.4 is 10.1 Å². The first kappa shape index (κ1) is 14.8. The third-order valence-electron chi connectivity index (χ3n) is 3.61. The fraction of sp³-hybridized carbons (Fsp3) is 0.438. The molecule has 0 bridgehead atoms. The largest absolute Gasteiger partial charge is 0.487 e. The maximum atomic E-state index is 12.3. The first-order chi connectivity index (χ1) is 10.4. The van der Waals surface area contributed by atoms with E-state index in [1.54, 1.807) is 12.4 Å². The highest BCUT2D eigenvalue weighted by molar-refractivity contribution is 5.48. The molecule has 0 atom stereocenters. The second kappa shape index (κ2) is 5.59. The van der Waals surface area contributed by atoms with E-state index in [4.69, 9.17) is 4.74 Å². The fourth-order valence-corrected chi connectivity index (χ4v) is 2.71. The average Bonchev–Trinajstić information content (AvgIpc) is 2.98. The summed E-state index contributed by atoms with van der Waals surface area (Å²) in [5.74, 6) is 0.931. The molecule has 0 saturated heterocycles. The van der Waals surface area contributed by atoms with Crippen LogP contribution in [-0.4, -0.2) is 21.8 Å². The predicted octanol–water partition coefficient (Wildman–Crippen LogP) is 3.47. The molecular formula is C16H19F2N3O. The van der Waals surface area contributed by atoms with E-state index in [1.807, 2.05) is 12.1 Å². The minimum absolute atomic E-state index is 0.180. The summed E-state index contributed by atoms with van der Waals surface area (Å²) in [5.41, 5.74) is 2.80. The van der Waals surface area contributed by atoms with E-state index < -0.39 is 6.43 Å². The molecule has 0 amide bonds. The smallest absolute Gasteiger partial charge is 0.257 e. The Morgan fingerprint density at radius 2 is 2.23 bits per heavy atom. The van der Waals surface area contributed by atoms with Crippen molar-refractivity contribution in [3.63, 3.8) is 0 Å². The Morgan fingerprint density at radius 1 is 1.41 bits per heavy atom. The third kappa shape index (κ3) is 3.21. The lowest BCUT2D eigenvalue weighted by molar-refractivity contribution is 0.122. The molecule has 1 aromatic carbocycles. The van der Waals surface area contributed by atoms with Gasteiger partial charge in [-0.05, 0) is 19.4 Å². The lowest BCUT2D eigenvalue weighted by Gasteiger charge is -2.18. The van der Waals surface area contributed by atoms with E-state index in [9.17, 15) is 8.78 Å². The van der Waals surface area contributed by atoms with Gasteiger partial charge in [-0.15, -0.1) is 0 Å². The lowest BCUT2D eigenvalue weighted by Crippen LogP contribution is -2.25. The molecule has 22 heavy (non-hydrogen) atoms. The normalized spacial score (nSPS) is 15.7. The van der Waals surface area contributed by atoms with Gasteiger partial charge in [-0.2, -0.15) is 5.10 Å². The summed E-state index contributed by atoms with van der Waals surface area (Å²) in [5, 5.41) is 7.11. The quantitative estimate of drug-likeness (QED) is 0.919. The molecule has 3 rings (SSSR count). The predicted molar refractivity (Wildman–Crippen MR) is 80.4 cm³/mol. The summed E-state index contributed by atoms with van der Waals surface area (Å²) >= 11 is 0. The number of anilines is 1. The third-order valence-corrected chi connectivity index (χ3v) is 3.61. The van der Waals surface area contributed by atoms with Gasteiger partial charge in [-0.25, -0.2) is 8.78 Å². The van der Waals surface area contributed by atoms with Gasteiger partial charge in [-0.3, -0.25) is 4.68 Å². The standard InChI is InChI=1S/C16H19F2N3O/c1-16(2)6-11-4-3-5-12(15(11)22-16)7-19-13-8-20-21(9-13)10-14(17)18/h3-5,8-9,14,19H,6-7,10H2,1-2H3. The van der Waals surface area contributed by atoms with Crippen molar-refractivity contribution in [1.82, 2.24) is 9.78 Å². The van der Waals surface area contributed by atoms with E-state index in [0.29, 0.717) is 6.54 Å². The Labute approximate surface area is 128 Å². The number of fused-ring (bicyclic) bond motifs is 1. The Morgan fingerprint density at radius 3 is 3.00 bits per heavy atom. The van der Waals surface area contributed by atoms with Gasteiger partial charge in [0.25, 0.3) is 6.43 Å². The number of hydrogen-bond acceptors (Lipinski definition) is 3. The summed E-state index contributed by atoms with van der Waals surface area (Å²) in [7, 11) is 0. The summed E-state index contributed by atoms with van der Waals surface area (Å²) in [4.78, 5) is 0. The zero-order valence-electron chi connectivity index (χ0n) is 12.6. The van der Waals surface area contributed by atoms with E-state index in [0.717, 1.165) is 23.4 Å². The Kier molecular flexibility index (Phi) is 3.76. The first-order valence-electron chi connectivity index (χ1n) is 7.27. The Hall–Kier alpha value is -2.11. The van der Waals surface area contributed by atoms with Crippen molar-refractivity contribution < 1.29 is 13.5 Å². The van der Waals surface area contributed by atoms with Crippen LogP contribution in [0, 0.1) is 0 Å². The van der Waals surface area contributed by atoms with Gasteiger partial charge in [-0.1, -0.05) is 18.2 Å². The number of ether oxygens (including phenoxy) is 1. The highest BCUT2D eigenvalue weighted by atomic mass is 19.3. The summed E-state index contributed by atoms with van der Waals surface area (Å²) in [6, 6.07) is 6.10. The van der Waals surface area contributed by atoms with Crippen LogP contribution in [0.15, 0.2) is 30.6 Å². The van der Waals surface area contributed by atoms with Gasteiger partial charge in [0.2, 0.25) is 0 Å². The molecule has 0 fully saturated rings. The molecule has 2 heterocycles. The van der Waals surface area contributed by atoms with Crippen molar-refractivity contribution in [2.45, 2.75) is 45.4 Å². The molecule has 0 unspecified atom stereocenters. The summed E-state index contributed by atoms with van der Waals surface area (Å²) in [6.07, 6.45) is 1.62. The van der Waals surface area contributed by atoms with Crippen LogP contribution in [0.1, 0.15) is 25.0 Å². The maximum absolute atomic E-state index is 12.3. The summed E-state index contributed by atoms with van der Waals surface area (Å²) < 4.78 is 31.9. The van der Waals surface area contributed by atoms with E-state index in [1.165, 1.54) is 10.2 Å². The molecule has 1 N–H and O–H groups in total. The molecule has 4 nitrogen and oxygen atoms in total. The monoisotopic (exact) mass is 307 g/mol. The lowest BCUT2D eigenvalue weighted by atomic mass is 10.0. The van der Waals surface area contributed by atoms with E-state index in [2.05, 4.69) is 30.3 Å². The second-order valence-electron chi connectivity index (χ2n) is 6.14. The number of hydrogen-bond donors (Lipinski definition) is 1. The number of benzene rings is 1. The SMILES string of the molecule is CC1(C)Cc2cccc(CNc3cnn(CC(F)F)c3)c2O1. The second-order valence-corrected chi connectivity index (χ2v) is 6.14. The number of para-hydroxylation sites is 1. The summed E-state index contributed by atoms with van der Waals surface area (Å²) in [6.45, 7) is 4.32. The molecule has 6 heteroatoms. The van der Waals surface area contributed by atoms with Crippen LogP contribution >= 0.6 is 0 Å². The van der Waals surface area contributed by atoms with Crippen LogP contribution in [0.4, 0.5) is 14.5 Å². The van der Waals surface area contributed by atoms with Gasteiger partial charge in [0.05, 0.1) is 11.9 Å². The number of halogens is 2. The van der Waals surface area contributed by atoms with Crippen LogP contribution in [0.3, 0.4) is 0 Å². The number of alkyl halides is 2. The van der Waals surface area contributed by atoms with Gasteiger partial charge in [0.1, 0.15) is 17.9 Å². The molecule has 1 aliphatic heterocycles. The van der Waals surface area contributed by atoms with Crippen molar-refractivity contribution in [1.29, 1.82) is 0 Å². The number of nitrogens with one attached hydrogen (secondary N) is 1. The van der Waals surface area contributed by atoms with Gasteiger partial charge < -0.3 is 10.1 Å². The minimum atomic E-state index is -2.40. The molecule has 1 aliphatic rings. The maximum Gasteiger partial charge on any atom is 0.257 e. The molecule has 1 aromatic heterocycles. The van der Waals surface area contributed by atoms with Crippen LogP contribution in [0.5, 0.6) is 5.75 Å². The van der Waals surface area contributed by atoms with E-state index in [-0.39, 0.29) is 12.1 Å². The van der Waals surface area contributed by atoms with Crippen molar-refractivity contribution in [2.24, 2.45) is 0 Å².